The van der Waals surface area contributed by atoms with Crippen LogP contribution in [-0.4, -0.2) is 38.7 Å². The maximum absolute atomic E-state index is 12.4. The average molecular weight is 403 g/mol. The van der Waals surface area contributed by atoms with Crippen LogP contribution < -0.4 is 25.0 Å². The average Bonchev–Trinajstić information content (AvgIpc) is 3.13. The van der Waals surface area contributed by atoms with Crippen molar-refractivity contribution in [3.63, 3.8) is 0 Å². The molecule has 0 atom stereocenters. The van der Waals surface area contributed by atoms with Gasteiger partial charge >= 0.3 is 12.6 Å². The lowest BCUT2D eigenvalue weighted by Crippen LogP contribution is -2.27. The van der Waals surface area contributed by atoms with E-state index < -0.39 is 6.61 Å². The summed E-state index contributed by atoms with van der Waals surface area (Å²) in [6.07, 6.45) is 2.82. The summed E-state index contributed by atoms with van der Waals surface area (Å²) in [4.78, 5) is 25.5. The number of hydrogen-bond donors (Lipinski definition) is 2. The summed E-state index contributed by atoms with van der Waals surface area (Å²) < 4.78 is 34.1. The lowest BCUT2D eigenvalue weighted by molar-refractivity contribution is -0.111. The Kier molecular flexibility index (Phi) is 6.28. The number of benzene rings is 2. The second-order valence-corrected chi connectivity index (χ2v) is 6.05. The van der Waals surface area contributed by atoms with E-state index >= 15 is 0 Å². The van der Waals surface area contributed by atoms with Crippen LogP contribution in [0, 0.1) is 0 Å². The van der Waals surface area contributed by atoms with Crippen LogP contribution in [0.1, 0.15) is 5.56 Å². The monoisotopic (exact) mass is 403 g/mol. The number of hydrogen-bond acceptors (Lipinski definition) is 4. The minimum atomic E-state index is -2.96. The maximum atomic E-state index is 12.4. The van der Waals surface area contributed by atoms with Gasteiger partial charge in [0.2, 0.25) is 5.91 Å². The Morgan fingerprint density at radius 1 is 1.24 bits per heavy atom. The molecule has 0 aliphatic carbocycles. The summed E-state index contributed by atoms with van der Waals surface area (Å²) in [5.41, 5.74) is 1.79. The fourth-order valence-corrected chi connectivity index (χ4v) is 2.81. The van der Waals surface area contributed by atoms with Gasteiger partial charge in [-0.2, -0.15) is 8.78 Å². The van der Waals surface area contributed by atoms with Gasteiger partial charge in [0.25, 0.3) is 0 Å². The molecule has 2 N–H and O–H groups in total. The molecular formula is C20H19F2N3O4. The Morgan fingerprint density at radius 3 is 2.76 bits per heavy atom. The highest BCUT2D eigenvalue weighted by Crippen LogP contribution is 2.30. The molecule has 1 aliphatic heterocycles. The Morgan fingerprint density at radius 2 is 2.07 bits per heavy atom. The molecule has 7 nitrogen and oxygen atoms in total. The van der Waals surface area contributed by atoms with E-state index in [1.165, 1.54) is 37.5 Å². The van der Waals surface area contributed by atoms with E-state index in [-0.39, 0.29) is 23.4 Å². The molecule has 9 heteroatoms. The number of nitrogens with zero attached hydrogens (tertiary/aromatic N) is 1. The third kappa shape index (κ3) is 5.22. The second-order valence-electron chi connectivity index (χ2n) is 6.05. The fraction of sp³-hybridized carbons (Fsp3) is 0.200. The van der Waals surface area contributed by atoms with E-state index in [1.807, 2.05) is 0 Å². The molecule has 0 saturated carbocycles. The molecule has 3 rings (SSSR count). The van der Waals surface area contributed by atoms with Crippen LogP contribution in [0.2, 0.25) is 0 Å². The molecule has 1 fully saturated rings. The van der Waals surface area contributed by atoms with Gasteiger partial charge in [0.05, 0.1) is 7.11 Å². The standard InChI is InChI=1S/C20H19F2N3O4/c1-28-17-11-13(5-7-16(17)29-19(21)22)6-8-18(26)24-14-3-2-4-15(12-14)25-10-9-23-20(25)27/h2-8,11-12,19H,9-10H2,1H3,(H,23,27)(H,24,26). The molecule has 0 bridgehead atoms. The topological polar surface area (TPSA) is 79.9 Å². The van der Waals surface area contributed by atoms with Crippen LogP contribution in [0.15, 0.2) is 48.5 Å². The summed E-state index contributed by atoms with van der Waals surface area (Å²) in [5, 5.41) is 5.44. The van der Waals surface area contributed by atoms with E-state index in [1.54, 1.807) is 29.2 Å². The number of carbonyl (C=O) groups excluding carboxylic acids is 2. The van der Waals surface area contributed by atoms with Gasteiger partial charge in [0.15, 0.2) is 11.5 Å². The SMILES string of the molecule is COc1cc(C=CC(=O)Nc2cccc(N3CCNC3=O)c2)ccc1OC(F)F. The molecule has 3 amide bonds. The third-order valence-corrected chi connectivity index (χ3v) is 4.11. The van der Waals surface area contributed by atoms with Gasteiger partial charge in [-0.05, 0) is 42.0 Å². The number of ether oxygens (including phenoxy) is 2. The Bertz CT molecular complexity index is 934. The number of rotatable bonds is 7. The van der Waals surface area contributed by atoms with E-state index in [2.05, 4.69) is 15.4 Å². The molecule has 2 aromatic rings. The molecular weight excluding hydrogens is 384 g/mol. The smallest absolute Gasteiger partial charge is 0.387 e. The molecule has 0 aromatic heterocycles. The second kappa shape index (κ2) is 9.05. The van der Waals surface area contributed by atoms with Crippen LogP contribution >= 0.6 is 0 Å². The number of urea groups is 1. The van der Waals surface area contributed by atoms with E-state index in [0.29, 0.717) is 30.0 Å². The Balaban J connectivity index is 1.66. The largest absolute Gasteiger partial charge is 0.493 e. The zero-order chi connectivity index (χ0) is 20.8. The molecule has 1 saturated heterocycles. The van der Waals surface area contributed by atoms with Crippen molar-refractivity contribution in [3.05, 3.63) is 54.1 Å². The lowest BCUT2D eigenvalue weighted by atomic mass is 10.2. The van der Waals surface area contributed by atoms with Crippen molar-refractivity contribution in [2.45, 2.75) is 6.61 Å². The van der Waals surface area contributed by atoms with Crippen molar-refractivity contribution >= 4 is 29.4 Å². The highest BCUT2D eigenvalue weighted by Gasteiger charge is 2.21. The maximum Gasteiger partial charge on any atom is 0.387 e. The third-order valence-electron chi connectivity index (χ3n) is 4.11. The van der Waals surface area contributed by atoms with Gasteiger partial charge in [-0.25, -0.2) is 4.79 Å². The van der Waals surface area contributed by atoms with Gasteiger partial charge in [-0.3, -0.25) is 9.69 Å². The quantitative estimate of drug-likeness (QED) is 0.694. The lowest BCUT2D eigenvalue weighted by Gasteiger charge is -2.15. The minimum absolute atomic E-state index is 0.0909. The summed E-state index contributed by atoms with van der Waals surface area (Å²) in [5.74, 6) is -0.351. The van der Waals surface area contributed by atoms with Crippen LogP contribution in [0.25, 0.3) is 6.08 Å². The first-order valence-corrected chi connectivity index (χ1v) is 8.73. The Labute approximate surface area is 165 Å². The minimum Gasteiger partial charge on any atom is -0.493 e. The number of nitrogens with one attached hydrogen (secondary N) is 2. The molecule has 0 unspecified atom stereocenters. The number of alkyl halides is 2. The van der Waals surface area contributed by atoms with Crippen LogP contribution in [0.4, 0.5) is 25.0 Å². The first-order chi connectivity index (χ1) is 14.0. The first kappa shape index (κ1) is 20.1. The highest BCUT2D eigenvalue weighted by molar-refractivity contribution is 6.02. The number of halogens is 2. The van der Waals surface area contributed by atoms with Crippen LogP contribution in [0.3, 0.4) is 0 Å². The van der Waals surface area contributed by atoms with Crippen molar-refractivity contribution in [1.29, 1.82) is 0 Å². The van der Waals surface area contributed by atoms with Crippen molar-refractivity contribution in [2.75, 3.05) is 30.4 Å². The molecule has 2 aromatic carbocycles. The van der Waals surface area contributed by atoms with Gasteiger partial charge in [-0.1, -0.05) is 12.1 Å². The van der Waals surface area contributed by atoms with Gasteiger partial charge in [0.1, 0.15) is 0 Å². The highest BCUT2D eigenvalue weighted by atomic mass is 19.3. The number of carbonyl (C=O) groups is 2. The molecule has 1 heterocycles. The summed E-state index contributed by atoms with van der Waals surface area (Å²) >= 11 is 0. The Hall–Kier alpha value is -3.62. The molecule has 29 heavy (non-hydrogen) atoms. The predicted octanol–water partition coefficient (Wildman–Crippen LogP) is 3.48. The van der Waals surface area contributed by atoms with E-state index in [0.717, 1.165) is 0 Å². The van der Waals surface area contributed by atoms with Crippen molar-refractivity contribution in [2.24, 2.45) is 0 Å². The molecule has 1 aliphatic rings. The normalized spacial score (nSPS) is 13.7. The zero-order valence-electron chi connectivity index (χ0n) is 15.5. The predicted molar refractivity (Wildman–Crippen MR) is 104 cm³/mol. The molecule has 0 radical (unpaired) electrons. The van der Waals surface area contributed by atoms with E-state index in [9.17, 15) is 18.4 Å². The summed E-state index contributed by atoms with van der Waals surface area (Å²) in [7, 11) is 1.33. The number of methoxy groups -OCH3 is 1. The van der Waals surface area contributed by atoms with Gasteiger partial charge in [-0.15, -0.1) is 0 Å². The van der Waals surface area contributed by atoms with Crippen LogP contribution in [0.5, 0.6) is 11.5 Å². The van der Waals surface area contributed by atoms with Gasteiger partial charge in [0, 0.05) is 30.5 Å². The fourth-order valence-electron chi connectivity index (χ4n) is 2.81. The van der Waals surface area contributed by atoms with Crippen LogP contribution in [-0.2, 0) is 4.79 Å². The van der Waals surface area contributed by atoms with Crippen molar-refractivity contribution < 1.29 is 27.8 Å². The van der Waals surface area contributed by atoms with E-state index in [4.69, 9.17) is 4.74 Å². The summed E-state index contributed by atoms with van der Waals surface area (Å²) in [6.45, 7) is -1.83. The van der Waals surface area contributed by atoms with Crippen molar-refractivity contribution in [3.8, 4) is 11.5 Å². The number of anilines is 2. The van der Waals surface area contributed by atoms with Gasteiger partial charge < -0.3 is 20.1 Å². The molecule has 152 valence electrons. The van der Waals surface area contributed by atoms with Crippen molar-refractivity contribution in [1.82, 2.24) is 5.32 Å². The number of amides is 3. The zero-order valence-corrected chi connectivity index (χ0v) is 15.5. The summed E-state index contributed by atoms with van der Waals surface area (Å²) in [6, 6.07) is 11.1. The molecule has 0 spiro atoms. The first-order valence-electron chi connectivity index (χ1n) is 8.73.